The second-order valence-corrected chi connectivity index (χ2v) is 5.41. The van der Waals surface area contributed by atoms with Crippen molar-refractivity contribution in [2.24, 2.45) is 12.0 Å². The zero-order valence-corrected chi connectivity index (χ0v) is 13.5. The second-order valence-electron chi connectivity index (χ2n) is 5.41. The van der Waals surface area contributed by atoms with E-state index in [9.17, 15) is 4.39 Å². The number of aromatic nitrogens is 1. The molecule has 1 atom stereocenters. The maximum atomic E-state index is 13.7. The van der Waals surface area contributed by atoms with Gasteiger partial charge in [0.05, 0.1) is 12.6 Å². The molecule has 2 N–H and O–H groups in total. The van der Waals surface area contributed by atoms with E-state index >= 15 is 0 Å². The van der Waals surface area contributed by atoms with Crippen LogP contribution in [0, 0.1) is 12.7 Å². The molecule has 0 aliphatic carbocycles. The lowest BCUT2D eigenvalue weighted by atomic mass is 10.1. The van der Waals surface area contributed by atoms with Gasteiger partial charge in [-0.2, -0.15) is 0 Å². The number of hydrogen-bond acceptors (Lipinski definition) is 1. The first kappa shape index (κ1) is 16.1. The average Bonchev–Trinajstić information content (AvgIpc) is 2.91. The molecule has 22 heavy (non-hydrogen) atoms. The Morgan fingerprint density at radius 3 is 2.73 bits per heavy atom. The summed E-state index contributed by atoms with van der Waals surface area (Å²) in [6.45, 7) is 4.43. The third kappa shape index (κ3) is 3.87. The monoisotopic (exact) mass is 302 g/mol. The summed E-state index contributed by atoms with van der Waals surface area (Å²) in [5.41, 5.74) is 2.71. The summed E-state index contributed by atoms with van der Waals surface area (Å²) < 4.78 is 15.7. The molecule has 4 nitrogen and oxygen atoms in total. The van der Waals surface area contributed by atoms with Crippen LogP contribution < -0.4 is 10.6 Å². The highest BCUT2D eigenvalue weighted by Crippen LogP contribution is 2.16. The van der Waals surface area contributed by atoms with Crippen LogP contribution in [-0.4, -0.2) is 17.6 Å². The summed E-state index contributed by atoms with van der Waals surface area (Å²) in [7, 11) is 3.73. The maximum Gasteiger partial charge on any atom is 0.191 e. The molecule has 0 aliphatic heterocycles. The van der Waals surface area contributed by atoms with Gasteiger partial charge >= 0.3 is 0 Å². The lowest BCUT2D eigenvalue weighted by Crippen LogP contribution is -2.38. The zero-order chi connectivity index (χ0) is 16.1. The highest BCUT2D eigenvalue weighted by atomic mass is 19.1. The van der Waals surface area contributed by atoms with E-state index in [1.807, 2.05) is 32.3 Å². The number of guanidine groups is 1. The number of aryl methyl sites for hydroxylation is 2. The van der Waals surface area contributed by atoms with E-state index in [-0.39, 0.29) is 11.9 Å². The minimum absolute atomic E-state index is 0.0327. The summed E-state index contributed by atoms with van der Waals surface area (Å²) in [5, 5.41) is 6.54. The number of rotatable bonds is 4. The molecule has 0 radical (unpaired) electrons. The van der Waals surface area contributed by atoms with E-state index in [2.05, 4.69) is 26.3 Å². The minimum atomic E-state index is -0.182. The Labute approximate surface area is 131 Å². The van der Waals surface area contributed by atoms with Crippen LogP contribution in [0.5, 0.6) is 0 Å². The van der Waals surface area contributed by atoms with Crippen molar-refractivity contribution < 1.29 is 4.39 Å². The van der Waals surface area contributed by atoms with Crippen molar-refractivity contribution >= 4 is 5.96 Å². The molecule has 5 heteroatoms. The van der Waals surface area contributed by atoms with Crippen molar-refractivity contribution in [3.63, 3.8) is 0 Å². The maximum absolute atomic E-state index is 13.7. The summed E-state index contributed by atoms with van der Waals surface area (Å²) >= 11 is 0. The number of halogens is 1. The van der Waals surface area contributed by atoms with Crippen molar-refractivity contribution in [2.75, 3.05) is 7.05 Å². The van der Waals surface area contributed by atoms with Gasteiger partial charge in [0.2, 0.25) is 0 Å². The largest absolute Gasteiger partial charge is 0.353 e. The van der Waals surface area contributed by atoms with Crippen LogP contribution in [0.1, 0.15) is 29.8 Å². The first-order chi connectivity index (χ1) is 10.5. The molecule has 0 saturated heterocycles. The molecule has 0 amide bonds. The van der Waals surface area contributed by atoms with Crippen LogP contribution >= 0.6 is 0 Å². The van der Waals surface area contributed by atoms with E-state index in [0.717, 1.165) is 11.3 Å². The van der Waals surface area contributed by atoms with E-state index in [1.165, 1.54) is 0 Å². The Hall–Kier alpha value is -2.30. The fourth-order valence-corrected chi connectivity index (χ4v) is 2.22. The summed E-state index contributed by atoms with van der Waals surface area (Å²) in [4.78, 5) is 4.21. The van der Waals surface area contributed by atoms with Crippen molar-refractivity contribution in [2.45, 2.75) is 26.4 Å². The smallest absolute Gasteiger partial charge is 0.191 e. The lowest BCUT2D eigenvalue weighted by molar-refractivity contribution is 0.607. The van der Waals surface area contributed by atoms with Gasteiger partial charge < -0.3 is 15.2 Å². The topological polar surface area (TPSA) is 41.4 Å². The Balaban J connectivity index is 1.97. The lowest BCUT2D eigenvalue weighted by Gasteiger charge is -2.19. The fraction of sp³-hybridized carbons (Fsp3) is 0.353. The predicted octanol–water partition coefficient (Wildman–Crippen LogP) is 2.90. The Morgan fingerprint density at radius 1 is 1.36 bits per heavy atom. The second kappa shape index (κ2) is 7.11. The van der Waals surface area contributed by atoms with Gasteiger partial charge in [0.15, 0.2) is 5.96 Å². The molecule has 0 spiro atoms. The quantitative estimate of drug-likeness (QED) is 0.673. The Kier molecular flexibility index (Phi) is 5.20. The van der Waals surface area contributed by atoms with E-state index < -0.39 is 0 Å². The van der Waals surface area contributed by atoms with Gasteiger partial charge in [-0.05, 0) is 43.2 Å². The van der Waals surface area contributed by atoms with Gasteiger partial charge in [-0.25, -0.2) is 4.39 Å². The van der Waals surface area contributed by atoms with Crippen LogP contribution in [0.25, 0.3) is 0 Å². The van der Waals surface area contributed by atoms with Crippen molar-refractivity contribution in [3.05, 3.63) is 59.2 Å². The average molecular weight is 302 g/mol. The van der Waals surface area contributed by atoms with Gasteiger partial charge in [-0.3, -0.25) is 4.99 Å². The summed E-state index contributed by atoms with van der Waals surface area (Å²) in [6, 6.07) is 9.32. The molecular weight excluding hydrogens is 279 g/mol. The molecule has 1 aromatic heterocycles. The van der Waals surface area contributed by atoms with Crippen LogP contribution in [0.4, 0.5) is 4.39 Å². The highest BCUT2D eigenvalue weighted by molar-refractivity contribution is 5.80. The van der Waals surface area contributed by atoms with Crippen molar-refractivity contribution in [3.8, 4) is 0 Å². The molecule has 1 heterocycles. The van der Waals surface area contributed by atoms with E-state index in [0.29, 0.717) is 18.1 Å². The van der Waals surface area contributed by atoms with Crippen LogP contribution in [-0.2, 0) is 13.6 Å². The Bertz CT molecular complexity index is 660. The molecule has 0 fully saturated rings. The molecule has 118 valence electrons. The number of aliphatic imine (C=N–C) groups is 1. The van der Waals surface area contributed by atoms with Crippen molar-refractivity contribution in [1.29, 1.82) is 0 Å². The molecule has 0 aliphatic rings. The number of benzene rings is 1. The number of nitrogens with zero attached hydrogens (tertiary/aromatic N) is 2. The van der Waals surface area contributed by atoms with Gasteiger partial charge in [0.1, 0.15) is 5.82 Å². The Morgan fingerprint density at radius 2 is 2.14 bits per heavy atom. The van der Waals surface area contributed by atoms with Crippen LogP contribution in [0.2, 0.25) is 0 Å². The van der Waals surface area contributed by atoms with Gasteiger partial charge in [-0.1, -0.05) is 12.1 Å². The number of nitrogens with one attached hydrogen (secondary N) is 2. The molecule has 1 aromatic carbocycles. The third-order valence-electron chi connectivity index (χ3n) is 3.76. The van der Waals surface area contributed by atoms with E-state index in [1.54, 1.807) is 26.1 Å². The minimum Gasteiger partial charge on any atom is -0.353 e. The highest BCUT2D eigenvalue weighted by Gasteiger charge is 2.10. The standard InChI is InChI=1S/C17H23FN4/c1-12-7-8-14(10-16(12)18)13(2)21-17(19-3)20-11-15-6-5-9-22(15)4/h5-10,13H,11H2,1-4H3,(H2,19,20,21). The first-order valence-electron chi connectivity index (χ1n) is 7.34. The molecule has 2 aromatic rings. The molecule has 1 unspecified atom stereocenters. The van der Waals surface area contributed by atoms with Crippen LogP contribution in [0.15, 0.2) is 41.5 Å². The van der Waals surface area contributed by atoms with Gasteiger partial charge in [0, 0.05) is 26.0 Å². The first-order valence-corrected chi connectivity index (χ1v) is 7.34. The normalized spacial score (nSPS) is 13.0. The van der Waals surface area contributed by atoms with Gasteiger partial charge in [0.25, 0.3) is 0 Å². The molecule has 0 bridgehead atoms. The predicted molar refractivity (Wildman–Crippen MR) is 88.3 cm³/mol. The molecule has 2 rings (SSSR count). The van der Waals surface area contributed by atoms with E-state index in [4.69, 9.17) is 0 Å². The summed E-state index contributed by atoms with van der Waals surface area (Å²) in [6.07, 6.45) is 2.00. The molecule has 0 saturated carbocycles. The van der Waals surface area contributed by atoms with Crippen molar-refractivity contribution in [1.82, 2.24) is 15.2 Å². The van der Waals surface area contributed by atoms with Crippen LogP contribution in [0.3, 0.4) is 0 Å². The fourth-order valence-electron chi connectivity index (χ4n) is 2.22. The zero-order valence-electron chi connectivity index (χ0n) is 13.5. The molecular formula is C17H23FN4. The third-order valence-corrected chi connectivity index (χ3v) is 3.76. The van der Waals surface area contributed by atoms with Gasteiger partial charge in [-0.15, -0.1) is 0 Å². The summed E-state index contributed by atoms with van der Waals surface area (Å²) in [5.74, 6) is 0.507. The SMILES string of the molecule is CN=C(NCc1cccn1C)NC(C)c1ccc(C)c(F)c1. The number of hydrogen-bond donors (Lipinski definition) is 2.